The zero-order chi connectivity index (χ0) is 12.8. The second-order valence-electron chi connectivity index (χ2n) is 4.17. The largest absolute Gasteiger partial charge is 0.378 e. The third-order valence-electron chi connectivity index (χ3n) is 2.66. The fourth-order valence-corrected chi connectivity index (χ4v) is 1.72. The molecule has 0 bridgehead atoms. The summed E-state index contributed by atoms with van der Waals surface area (Å²) in [7, 11) is 3.94. The minimum absolute atomic E-state index is 0.0395. The molecule has 1 rings (SSSR count). The molecule has 0 aliphatic rings. The number of alkyl halides is 1. The third kappa shape index (κ3) is 3.93. The van der Waals surface area contributed by atoms with Gasteiger partial charge in [-0.2, -0.15) is 0 Å². The molecule has 0 aromatic heterocycles. The lowest BCUT2D eigenvalue weighted by molar-refractivity contribution is 0.0940. The molecular weight excluding hydrogens is 236 g/mol. The van der Waals surface area contributed by atoms with Gasteiger partial charge in [0.2, 0.25) is 0 Å². The van der Waals surface area contributed by atoms with Crippen molar-refractivity contribution in [1.29, 1.82) is 0 Å². The lowest BCUT2D eigenvalue weighted by Crippen LogP contribution is -2.35. The van der Waals surface area contributed by atoms with Crippen molar-refractivity contribution in [2.45, 2.75) is 19.4 Å². The Morgan fingerprint density at radius 2 is 1.94 bits per heavy atom. The van der Waals surface area contributed by atoms with Crippen molar-refractivity contribution in [1.82, 2.24) is 5.32 Å². The van der Waals surface area contributed by atoms with Gasteiger partial charge in [0, 0.05) is 37.3 Å². The van der Waals surface area contributed by atoms with Gasteiger partial charge in [-0.15, -0.1) is 11.6 Å². The average Bonchev–Trinajstić information content (AvgIpc) is 2.35. The number of carbonyl (C=O) groups excluding carboxylic acids is 1. The number of nitrogens with one attached hydrogen (secondary N) is 1. The Kier molecular flexibility index (Phi) is 5.29. The number of amides is 1. The van der Waals surface area contributed by atoms with E-state index in [1.807, 2.05) is 50.2 Å². The maximum atomic E-state index is 11.9. The molecule has 0 spiro atoms. The van der Waals surface area contributed by atoms with Gasteiger partial charge in [0.1, 0.15) is 0 Å². The molecule has 94 valence electrons. The van der Waals surface area contributed by atoms with Gasteiger partial charge in [-0.1, -0.05) is 6.92 Å². The summed E-state index contributed by atoms with van der Waals surface area (Å²) in [5.74, 6) is 0.376. The molecule has 0 saturated heterocycles. The predicted octanol–water partition coefficient (Wildman–Crippen LogP) is 2.50. The normalized spacial score (nSPS) is 12.0. The van der Waals surface area contributed by atoms with E-state index in [2.05, 4.69) is 5.32 Å². The van der Waals surface area contributed by atoms with Crippen LogP contribution in [0.1, 0.15) is 23.7 Å². The van der Waals surface area contributed by atoms with Gasteiger partial charge in [0.15, 0.2) is 0 Å². The molecule has 0 radical (unpaired) electrons. The van der Waals surface area contributed by atoms with Crippen LogP contribution in [0, 0.1) is 0 Å². The third-order valence-corrected chi connectivity index (χ3v) is 3.03. The second kappa shape index (κ2) is 6.50. The fourth-order valence-electron chi connectivity index (χ4n) is 1.43. The SMILES string of the molecule is CCC(CCl)NC(=O)c1ccc(N(C)C)cc1. The Hall–Kier alpha value is -1.22. The van der Waals surface area contributed by atoms with Crippen LogP contribution in [0.15, 0.2) is 24.3 Å². The Labute approximate surface area is 108 Å². The van der Waals surface area contributed by atoms with Gasteiger partial charge in [-0.05, 0) is 30.7 Å². The van der Waals surface area contributed by atoms with Gasteiger partial charge in [0.25, 0.3) is 5.91 Å². The highest BCUT2D eigenvalue weighted by molar-refractivity contribution is 6.18. The number of anilines is 1. The number of benzene rings is 1. The van der Waals surface area contributed by atoms with E-state index < -0.39 is 0 Å². The van der Waals surface area contributed by atoms with Crippen molar-refractivity contribution in [2.24, 2.45) is 0 Å². The monoisotopic (exact) mass is 254 g/mol. The predicted molar refractivity (Wildman–Crippen MR) is 73.0 cm³/mol. The Bertz CT molecular complexity index is 358. The van der Waals surface area contributed by atoms with Crippen LogP contribution in [-0.4, -0.2) is 31.9 Å². The summed E-state index contributed by atoms with van der Waals surface area (Å²) in [6.45, 7) is 2.00. The van der Waals surface area contributed by atoms with Crippen LogP contribution in [-0.2, 0) is 0 Å². The van der Waals surface area contributed by atoms with Crippen LogP contribution in [0.4, 0.5) is 5.69 Å². The van der Waals surface area contributed by atoms with Crippen LogP contribution in [0.25, 0.3) is 0 Å². The zero-order valence-corrected chi connectivity index (χ0v) is 11.3. The van der Waals surface area contributed by atoms with E-state index in [1.165, 1.54) is 0 Å². The van der Waals surface area contributed by atoms with Crippen molar-refractivity contribution in [3.63, 3.8) is 0 Å². The molecule has 1 N–H and O–H groups in total. The molecule has 0 heterocycles. The lowest BCUT2D eigenvalue weighted by Gasteiger charge is -2.15. The lowest BCUT2D eigenvalue weighted by atomic mass is 10.1. The minimum atomic E-state index is -0.0668. The highest BCUT2D eigenvalue weighted by Gasteiger charge is 2.11. The van der Waals surface area contributed by atoms with E-state index in [0.717, 1.165) is 12.1 Å². The van der Waals surface area contributed by atoms with Crippen LogP contribution in [0.2, 0.25) is 0 Å². The quantitative estimate of drug-likeness (QED) is 0.819. The van der Waals surface area contributed by atoms with Crippen LogP contribution in [0.3, 0.4) is 0 Å². The molecule has 0 saturated carbocycles. The summed E-state index contributed by atoms with van der Waals surface area (Å²) in [5.41, 5.74) is 1.74. The van der Waals surface area contributed by atoms with E-state index in [-0.39, 0.29) is 11.9 Å². The van der Waals surface area contributed by atoms with Crippen molar-refractivity contribution in [3.8, 4) is 0 Å². The van der Waals surface area contributed by atoms with Crippen LogP contribution < -0.4 is 10.2 Å². The van der Waals surface area contributed by atoms with E-state index in [1.54, 1.807) is 0 Å². The molecule has 1 aromatic rings. The zero-order valence-electron chi connectivity index (χ0n) is 10.5. The maximum Gasteiger partial charge on any atom is 0.251 e. The number of halogens is 1. The molecule has 1 atom stereocenters. The smallest absolute Gasteiger partial charge is 0.251 e. The van der Waals surface area contributed by atoms with Crippen molar-refractivity contribution < 1.29 is 4.79 Å². The van der Waals surface area contributed by atoms with E-state index in [0.29, 0.717) is 11.4 Å². The Morgan fingerprint density at radius 3 is 2.35 bits per heavy atom. The highest BCUT2D eigenvalue weighted by atomic mass is 35.5. The first kappa shape index (κ1) is 13.8. The first-order valence-corrected chi connectivity index (χ1v) is 6.26. The fraction of sp³-hybridized carbons (Fsp3) is 0.462. The molecule has 0 aliphatic carbocycles. The van der Waals surface area contributed by atoms with Gasteiger partial charge >= 0.3 is 0 Å². The van der Waals surface area contributed by atoms with E-state index in [9.17, 15) is 4.79 Å². The molecule has 3 nitrogen and oxygen atoms in total. The standard InChI is InChI=1S/C13H19ClN2O/c1-4-11(9-14)15-13(17)10-5-7-12(8-6-10)16(2)3/h5-8,11H,4,9H2,1-3H3,(H,15,17). The summed E-state index contributed by atoms with van der Waals surface area (Å²) in [6.07, 6.45) is 0.838. The Balaban J connectivity index is 2.69. The number of rotatable bonds is 5. The van der Waals surface area contributed by atoms with Gasteiger partial charge in [-0.25, -0.2) is 0 Å². The van der Waals surface area contributed by atoms with Gasteiger partial charge in [0.05, 0.1) is 0 Å². The van der Waals surface area contributed by atoms with E-state index >= 15 is 0 Å². The summed E-state index contributed by atoms with van der Waals surface area (Å²) in [6, 6.07) is 7.54. The average molecular weight is 255 g/mol. The van der Waals surface area contributed by atoms with Crippen molar-refractivity contribution in [3.05, 3.63) is 29.8 Å². The van der Waals surface area contributed by atoms with Crippen molar-refractivity contribution >= 4 is 23.2 Å². The molecule has 17 heavy (non-hydrogen) atoms. The summed E-state index contributed by atoms with van der Waals surface area (Å²) >= 11 is 5.74. The number of hydrogen-bond acceptors (Lipinski definition) is 2. The maximum absolute atomic E-state index is 11.9. The Morgan fingerprint density at radius 1 is 1.35 bits per heavy atom. The van der Waals surface area contributed by atoms with Gasteiger partial charge < -0.3 is 10.2 Å². The highest BCUT2D eigenvalue weighted by Crippen LogP contribution is 2.12. The number of nitrogens with zero attached hydrogens (tertiary/aromatic N) is 1. The molecule has 1 amide bonds. The number of carbonyl (C=O) groups is 1. The van der Waals surface area contributed by atoms with E-state index in [4.69, 9.17) is 11.6 Å². The number of hydrogen-bond donors (Lipinski definition) is 1. The van der Waals surface area contributed by atoms with Crippen LogP contribution >= 0.6 is 11.6 Å². The summed E-state index contributed by atoms with van der Waals surface area (Å²) in [5, 5.41) is 2.90. The molecule has 1 unspecified atom stereocenters. The summed E-state index contributed by atoms with van der Waals surface area (Å²) < 4.78 is 0. The molecular formula is C13H19ClN2O. The topological polar surface area (TPSA) is 32.3 Å². The molecule has 0 aliphatic heterocycles. The first-order valence-electron chi connectivity index (χ1n) is 5.72. The molecule has 0 fully saturated rings. The first-order chi connectivity index (χ1) is 8.08. The molecule has 4 heteroatoms. The van der Waals surface area contributed by atoms with Crippen molar-refractivity contribution in [2.75, 3.05) is 24.9 Å². The summed E-state index contributed by atoms with van der Waals surface area (Å²) in [4.78, 5) is 13.9. The van der Waals surface area contributed by atoms with Gasteiger partial charge in [-0.3, -0.25) is 4.79 Å². The minimum Gasteiger partial charge on any atom is -0.378 e. The molecule has 1 aromatic carbocycles. The van der Waals surface area contributed by atoms with Crippen LogP contribution in [0.5, 0.6) is 0 Å². The second-order valence-corrected chi connectivity index (χ2v) is 4.48.